The van der Waals surface area contributed by atoms with E-state index in [4.69, 9.17) is 0 Å². The van der Waals surface area contributed by atoms with Crippen LogP contribution in [-0.2, 0) is 6.54 Å². The van der Waals surface area contributed by atoms with Gasteiger partial charge in [-0.05, 0) is 42.0 Å². The molecule has 1 heterocycles. The Balaban J connectivity index is 3.03. The molecule has 1 rings (SSSR count). The van der Waals surface area contributed by atoms with Gasteiger partial charge >= 0.3 is 0 Å². The smallest absolute Gasteiger partial charge is 0.250 e. The van der Waals surface area contributed by atoms with Gasteiger partial charge in [0, 0.05) is 21.9 Å². The summed E-state index contributed by atoms with van der Waals surface area (Å²) in [5, 5.41) is 0. The molecule has 13 heavy (non-hydrogen) atoms. The molecule has 0 saturated heterocycles. The summed E-state index contributed by atoms with van der Waals surface area (Å²) in [5.74, 6) is 0. The zero-order chi connectivity index (χ0) is 9.84. The molecule has 0 aliphatic heterocycles. The van der Waals surface area contributed by atoms with Crippen LogP contribution in [0.15, 0.2) is 16.9 Å². The summed E-state index contributed by atoms with van der Waals surface area (Å²) in [5.41, 5.74) is 1.20. The van der Waals surface area contributed by atoms with Crippen LogP contribution in [0, 0.1) is 10.5 Å². The van der Waals surface area contributed by atoms with Gasteiger partial charge in [0.2, 0.25) is 0 Å². The van der Waals surface area contributed by atoms with Crippen LogP contribution in [0.4, 0.5) is 0 Å². The Hall–Kier alpha value is -0.320. The molecule has 72 valence electrons. The van der Waals surface area contributed by atoms with Crippen molar-refractivity contribution in [3.63, 3.8) is 0 Å². The molecular formula is C10H14INO. The Morgan fingerprint density at radius 3 is 2.77 bits per heavy atom. The third kappa shape index (κ3) is 2.56. The van der Waals surface area contributed by atoms with Crippen molar-refractivity contribution in [2.45, 2.75) is 33.2 Å². The first-order valence-electron chi connectivity index (χ1n) is 4.52. The number of halogens is 1. The molecule has 0 aliphatic carbocycles. The van der Waals surface area contributed by atoms with Crippen LogP contribution in [0.3, 0.4) is 0 Å². The van der Waals surface area contributed by atoms with E-state index in [1.165, 1.54) is 0 Å². The van der Waals surface area contributed by atoms with Crippen molar-refractivity contribution < 1.29 is 0 Å². The molecule has 0 bridgehead atoms. The second-order valence-corrected chi connectivity index (χ2v) is 4.27. The molecule has 0 aromatic carbocycles. The third-order valence-electron chi connectivity index (χ3n) is 2.12. The Labute approximate surface area is 92.1 Å². The summed E-state index contributed by atoms with van der Waals surface area (Å²) in [6.45, 7) is 4.98. The zero-order valence-corrected chi connectivity index (χ0v) is 10.2. The molecule has 1 aromatic rings. The van der Waals surface area contributed by atoms with Gasteiger partial charge in [-0.15, -0.1) is 0 Å². The summed E-state index contributed by atoms with van der Waals surface area (Å²) >= 11 is 2.26. The molecule has 0 amide bonds. The van der Waals surface area contributed by atoms with Crippen molar-refractivity contribution in [3.05, 3.63) is 31.8 Å². The highest BCUT2D eigenvalue weighted by Gasteiger charge is 2.02. The molecule has 1 aromatic heterocycles. The Kier molecular flexibility index (Phi) is 3.96. The first-order chi connectivity index (χ1) is 6.16. The molecule has 3 heteroatoms. The molecule has 0 spiro atoms. The largest absolute Gasteiger partial charge is 0.312 e. The second kappa shape index (κ2) is 4.79. The van der Waals surface area contributed by atoms with Crippen LogP contribution >= 0.6 is 22.6 Å². The Morgan fingerprint density at radius 1 is 1.46 bits per heavy atom. The molecule has 0 radical (unpaired) electrons. The lowest BCUT2D eigenvalue weighted by Crippen LogP contribution is -2.22. The van der Waals surface area contributed by atoms with Gasteiger partial charge in [0.25, 0.3) is 5.56 Å². The highest BCUT2D eigenvalue weighted by molar-refractivity contribution is 14.1. The van der Waals surface area contributed by atoms with E-state index in [0.717, 1.165) is 28.7 Å². The number of unbranched alkanes of at least 4 members (excludes halogenated alkanes) is 1. The van der Waals surface area contributed by atoms with Crippen molar-refractivity contribution in [3.8, 4) is 0 Å². The van der Waals surface area contributed by atoms with Gasteiger partial charge in [0.05, 0.1) is 0 Å². The van der Waals surface area contributed by atoms with Crippen LogP contribution in [0.25, 0.3) is 0 Å². The molecule has 0 atom stereocenters. The number of hydrogen-bond donors (Lipinski definition) is 0. The van der Waals surface area contributed by atoms with Gasteiger partial charge in [-0.2, -0.15) is 0 Å². The second-order valence-electron chi connectivity index (χ2n) is 3.11. The molecule has 0 saturated carbocycles. The molecule has 0 fully saturated rings. The van der Waals surface area contributed by atoms with Crippen molar-refractivity contribution >= 4 is 22.6 Å². The van der Waals surface area contributed by atoms with E-state index in [9.17, 15) is 4.79 Å². The normalized spacial score (nSPS) is 10.4. The maximum Gasteiger partial charge on any atom is 0.250 e. The van der Waals surface area contributed by atoms with Crippen molar-refractivity contribution in [1.29, 1.82) is 0 Å². The fourth-order valence-corrected chi connectivity index (χ4v) is 1.71. The van der Waals surface area contributed by atoms with E-state index < -0.39 is 0 Å². The lowest BCUT2D eigenvalue weighted by atomic mass is 10.3. The van der Waals surface area contributed by atoms with Crippen molar-refractivity contribution in [1.82, 2.24) is 4.57 Å². The van der Waals surface area contributed by atoms with E-state index in [2.05, 4.69) is 29.5 Å². The minimum absolute atomic E-state index is 0.117. The van der Waals surface area contributed by atoms with Crippen LogP contribution in [-0.4, -0.2) is 4.57 Å². The van der Waals surface area contributed by atoms with Crippen molar-refractivity contribution in [2.75, 3.05) is 0 Å². The number of nitrogens with zero attached hydrogens (tertiary/aromatic N) is 1. The highest BCUT2D eigenvalue weighted by atomic mass is 127. The molecule has 0 aliphatic rings. The minimum atomic E-state index is 0.117. The van der Waals surface area contributed by atoms with E-state index in [1.54, 1.807) is 6.07 Å². The van der Waals surface area contributed by atoms with Gasteiger partial charge in [0.1, 0.15) is 0 Å². The van der Waals surface area contributed by atoms with E-state index >= 15 is 0 Å². The third-order valence-corrected chi connectivity index (χ3v) is 3.26. The SMILES string of the molecule is CCCCn1c(C)c(I)ccc1=O. The fourth-order valence-electron chi connectivity index (χ4n) is 1.24. The summed E-state index contributed by atoms with van der Waals surface area (Å²) in [6, 6.07) is 3.52. The molecular weight excluding hydrogens is 277 g/mol. The maximum absolute atomic E-state index is 11.5. The molecule has 2 nitrogen and oxygen atoms in total. The lowest BCUT2D eigenvalue weighted by Gasteiger charge is -2.09. The van der Waals surface area contributed by atoms with Gasteiger partial charge in [-0.25, -0.2) is 0 Å². The van der Waals surface area contributed by atoms with Gasteiger partial charge in [-0.3, -0.25) is 4.79 Å². The molecule has 0 unspecified atom stereocenters. The summed E-state index contributed by atoms with van der Waals surface area (Å²) in [7, 11) is 0. The summed E-state index contributed by atoms with van der Waals surface area (Å²) in [6.07, 6.45) is 2.19. The maximum atomic E-state index is 11.5. The Bertz CT molecular complexity index is 343. The zero-order valence-electron chi connectivity index (χ0n) is 8.01. The van der Waals surface area contributed by atoms with Crippen LogP contribution in [0.1, 0.15) is 25.5 Å². The van der Waals surface area contributed by atoms with E-state index in [1.807, 2.05) is 17.6 Å². The topological polar surface area (TPSA) is 22.0 Å². The highest BCUT2D eigenvalue weighted by Crippen LogP contribution is 2.08. The number of hydrogen-bond acceptors (Lipinski definition) is 1. The predicted octanol–water partition coefficient (Wildman–Crippen LogP) is 2.56. The monoisotopic (exact) mass is 291 g/mol. The van der Waals surface area contributed by atoms with E-state index in [0.29, 0.717) is 0 Å². The number of aromatic nitrogens is 1. The standard InChI is InChI=1S/C10H14INO/c1-3-4-7-12-8(2)9(11)5-6-10(12)13/h5-6H,3-4,7H2,1-2H3. The van der Waals surface area contributed by atoms with Gasteiger partial charge in [-0.1, -0.05) is 13.3 Å². The van der Waals surface area contributed by atoms with Crippen LogP contribution in [0.2, 0.25) is 0 Å². The minimum Gasteiger partial charge on any atom is -0.312 e. The average molecular weight is 291 g/mol. The Morgan fingerprint density at radius 2 is 2.15 bits per heavy atom. The van der Waals surface area contributed by atoms with E-state index in [-0.39, 0.29) is 5.56 Å². The quantitative estimate of drug-likeness (QED) is 0.785. The number of rotatable bonds is 3. The van der Waals surface area contributed by atoms with Gasteiger partial charge in [0.15, 0.2) is 0 Å². The average Bonchev–Trinajstić information content (AvgIpc) is 2.12. The van der Waals surface area contributed by atoms with Crippen LogP contribution in [0.5, 0.6) is 0 Å². The predicted molar refractivity (Wildman–Crippen MR) is 63.1 cm³/mol. The summed E-state index contributed by atoms with van der Waals surface area (Å²) < 4.78 is 3.01. The first kappa shape index (κ1) is 10.8. The fraction of sp³-hybridized carbons (Fsp3) is 0.500. The molecule has 0 N–H and O–H groups in total. The number of pyridine rings is 1. The summed E-state index contributed by atoms with van der Waals surface area (Å²) in [4.78, 5) is 11.5. The first-order valence-corrected chi connectivity index (χ1v) is 5.60. The van der Waals surface area contributed by atoms with Crippen molar-refractivity contribution in [2.24, 2.45) is 0 Å². The van der Waals surface area contributed by atoms with Crippen LogP contribution < -0.4 is 5.56 Å². The van der Waals surface area contributed by atoms with Gasteiger partial charge < -0.3 is 4.57 Å². The lowest BCUT2D eigenvalue weighted by molar-refractivity contribution is 0.597.